The van der Waals surface area contributed by atoms with Crippen molar-refractivity contribution >= 4 is 35.1 Å². The highest BCUT2D eigenvalue weighted by Gasteiger charge is 2.40. The normalized spacial score (nSPS) is 20.2. The number of nitrogens with zero attached hydrogens (tertiary/aromatic N) is 6. The molecule has 180 valence electrons. The molecule has 0 radical (unpaired) electrons. The Hall–Kier alpha value is -2.86. The van der Waals surface area contributed by atoms with Crippen molar-refractivity contribution in [3.63, 3.8) is 0 Å². The quantitative estimate of drug-likeness (QED) is 0.628. The van der Waals surface area contributed by atoms with Crippen molar-refractivity contribution in [1.29, 1.82) is 5.26 Å². The summed E-state index contributed by atoms with van der Waals surface area (Å²) >= 11 is 6.38. The van der Waals surface area contributed by atoms with Gasteiger partial charge in [-0.3, -0.25) is 9.89 Å². The maximum atomic E-state index is 12.0. The lowest BCUT2D eigenvalue weighted by atomic mass is 9.66. The molecule has 1 amide bonds. The highest BCUT2D eigenvalue weighted by molar-refractivity contribution is 6.32. The molecular formula is C24H31ClN8O. The molecule has 5 rings (SSSR count). The standard InChI is InChI=1S/C24H31ClN8O/c1-32(17-4-7-24(8-5-17)9-12-33(13-10-24)21(34)6-11-26)23-27-15-18(25)22(29-23)28-20-14-19(30-31-20)16-2-3-16/h14-17H,2-10,12-13H2,1H3,(H2,27,28,29,30,31). The van der Waals surface area contributed by atoms with Gasteiger partial charge in [-0.25, -0.2) is 4.98 Å². The van der Waals surface area contributed by atoms with E-state index in [1.54, 1.807) is 6.20 Å². The van der Waals surface area contributed by atoms with Crippen LogP contribution < -0.4 is 10.2 Å². The topological polar surface area (TPSA) is 114 Å². The molecule has 3 fully saturated rings. The number of aromatic nitrogens is 4. The number of piperidine rings is 1. The van der Waals surface area contributed by atoms with Crippen LogP contribution in [0, 0.1) is 16.7 Å². The van der Waals surface area contributed by atoms with Crippen molar-refractivity contribution < 1.29 is 4.79 Å². The molecule has 2 aromatic rings. The molecule has 2 N–H and O–H groups in total. The Morgan fingerprint density at radius 1 is 1.29 bits per heavy atom. The number of nitrogens with one attached hydrogen (secondary N) is 2. The molecular weight excluding hydrogens is 452 g/mol. The average molecular weight is 483 g/mol. The minimum Gasteiger partial charge on any atom is -0.342 e. The molecule has 0 unspecified atom stereocenters. The Labute approximate surface area is 204 Å². The smallest absolute Gasteiger partial charge is 0.236 e. The molecule has 3 heterocycles. The van der Waals surface area contributed by atoms with Gasteiger partial charge in [-0.15, -0.1) is 0 Å². The first-order chi connectivity index (χ1) is 16.5. The van der Waals surface area contributed by atoms with E-state index in [0.717, 1.165) is 63.1 Å². The van der Waals surface area contributed by atoms with Crippen molar-refractivity contribution in [3.05, 3.63) is 23.0 Å². The zero-order valence-corrected chi connectivity index (χ0v) is 20.3. The van der Waals surface area contributed by atoms with Crippen molar-refractivity contribution in [2.24, 2.45) is 5.41 Å². The minimum absolute atomic E-state index is 0.0143. The fraction of sp³-hybridized carbons (Fsp3) is 0.625. The van der Waals surface area contributed by atoms with Gasteiger partial charge in [0.1, 0.15) is 11.4 Å². The van der Waals surface area contributed by atoms with Gasteiger partial charge in [-0.2, -0.15) is 15.3 Å². The molecule has 2 aromatic heterocycles. The minimum atomic E-state index is -0.0336. The van der Waals surface area contributed by atoms with E-state index in [0.29, 0.717) is 34.2 Å². The molecule has 1 saturated heterocycles. The van der Waals surface area contributed by atoms with Gasteiger partial charge in [0, 0.05) is 43.9 Å². The van der Waals surface area contributed by atoms with Gasteiger partial charge in [0.2, 0.25) is 11.9 Å². The second-order valence-corrected chi connectivity index (χ2v) is 10.4. The van der Waals surface area contributed by atoms with Gasteiger partial charge >= 0.3 is 0 Å². The monoisotopic (exact) mass is 482 g/mol. The Balaban J connectivity index is 1.18. The van der Waals surface area contributed by atoms with Crippen LogP contribution >= 0.6 is 11.6 Å². The first-order valence-electron chi connectivity index (χ1n) is 12.2. The molecule has 3 aliphatic rings. The first kappa shape index (κ1) is 22.9. The fourth-order valence-corrected chi connectivity index (χ4v) is 5.55. The number of nitriles is 1. The Kier molecular flexibility index (Phi) is 6.34. The van der Waals surface area contributed by atoms with Gasteiger partial charge in [0.15, 0.2) is 11.6 Å². The van der Waals surface area contributed by atoms with E-state index in [1.165, 1.54) is 12.8 Å². The van der Waals surface area contributed by atoms with Gasteiger partial charge in [-0.05, 0) is 56.8 Å². The third kappa shape index (κ3) is 4.83. The summed E-state index contributed by atoms with van der Waals surface area (Å²) in [5.74, 6) is 2.51. The number of likely N-dealkylation sites (tertiary alicyclic amines) is 1. The molecule has 0 aromatic carbocycles. The van der Waals surface area contributed by atoms with E-state index in [9.17, 15) is 4.79 Å². The van der Waals surface area contributed by atoms with Crippen molar-refractivity contribution in [2.45, 2.75) is 69.7 Å². The Morgan fingerprint density at radius 3 is 2.71 bits per heavy atom. The van der Waals surface area contributed by atoms with Crippen LogP contribution in [0.15, 0.2) is 12.3 Å². The molecule has 1 spiro atoms. The summed E-state index contributed by atoms with van der Waals surface area (Å²) < 4.78 is 0. The van der Waals surface area contributed by atoms with Crippen LogP contribution in [0.1, 0.15) is 69.4 Å². The fourth-order valence-electron chi connectivity index (χ4n) is 5.42. The number of halogens is 1. The lowest BCUT2D eigenvalue weighted by Gasteiger charge is -2.47. The Bertz CT molecular complexity index is 1070. The van der Waals surface area contributed by atoms with E-state index >= 15 is 0 Å². The molecule has 0 bridgehead atoms. The number of rotatable bonds is 6. The molecule has 1 aliphatic heterocycles. The largest absolute Gasteiger partial charge is 0.342 e. The van der Waals surface area contributed by atoms with E-state index in [-0.39, 0.29) is 12.3 Å². The lowest BCUT2D eigenvalue weighted by molar-refractivity contribution is -0.132. The predicted octanol–water partition coefficient (Wildman–Crippen LogP) is 4.38. The summed E-state index contributed by atoms with van der Waals surface area (Å²) in [5.41, 5.74) is 1.47. The van der Waals surface area contributed by atoms with Gasteiger partial charge in [0.25, 0.3) is 0 Å². The van der Waals surface area contributed by atoms with Crippen LogP contribution in [-0.4, -0.2) is 57.2 Å². The first-order valence-corrected chi connectivity index (χ1v) is 12.6. The number of carbonyl (C=O) groups is 1. The summed E-state index contributed by atoms with van der Waals surface area (Å²) in [7, 11) is 2.05. The van der Waals surface area contributed by atoms with Gasteiger partial charge in [-0.1, -0.05) is 11.6 Å². The predicted molar refractivity (Wildman–Crippen MR) is 130 cm³/mol. The summed E-state index contributed by atoms with van der Waals surface area (Å²) in [6.07, 6.45) is 10.5. The summed E-state index contributed by atoms with van der Waals surface area (Å²) in [4.78, 5) is 25.3. The SMILES string of the molecule is CN(c1ncc(Cl)c(Nc2cc(C3CC3)[nH]n2)n1)C1CCC2(CC1)CCN(C(=O)CC#N)CC2. The number of aromatic amines is 1. The zero-order valence-electron chi connectivity index (χ0n) is 19.6. The van der Waals surface area contributed by atoms with Gasteiger partial charge < -0.3 is 15.1 Å². The lowest BCUT2D eigenvalue weighted by Crippen LogP contribution is -2.46. The molecule has 2 saturated carbocycles. The summed E-state index contributed by atoms with van der Waals surface area (Å²) in [5, 5.41) is 19.9. The highest BCUT2D eigenvalue weighted by Crippen LogP contribution is 2.46. The van der Waals surface area contributed by atoms with E-state index < -0.39 is 0 Å². The van der Waals surface area contributed by atoms with E-state index in [1.807, 2.05) is 17.0 Å². The van der Waals surface area contributed by atoms with Crippen LogP contribution in [0.25, 0.3) is 0 Å². The van der Waals surface area contributed by atoms with Crippen molar-refractivity contribution in [3.8, 4) is 6.07 Å². The second kappa shape index (κ2) is 9.41. The van der Waals surface area contributed by atoms with E-state index in [2.05, 4.69) is 32.4 Å². The van der Waals surface area contributed by atoms with Gasteiger partial charge in [0.05, 0.1) is 12.3 Å². The van der Waals surface area contributed by atoms with Crippen molar-refractivity contribution in [1.82, 2.24) is 25.1 Å². The second-order valence-electron chi connectivity index (χ2n) is 10.0. The molecule has 9 nitrogen and oxygen atoms in total. The zero-order chi connectivity index (χ0) is 23.7. The number of hydrogen-bond donors (Lipinski definition) is 2. The summed E-state index contributed by atoms with van der Waals surface area (Å²) in [6.45, 7) is 1.54. The van der Waals surface area contributed by atoms with E-state index in [4.69, 9.17) is 21.8 Å². The van der Waals surface area contributed by atoms with Crippen LogP contribution in [0.3, 0.4) is 0 Å². The average Bonchev–Trinajstić information content (AvgIpc) is 3.60. The number of amides is 1. The van der Waals surface area contributed by atoms with Crippen LogP contribution in [-0.2, 0) is 4.79 Å². The van der Waals surface area contributed by atoms with Crippen LogP contribution in [0.5, 0.6) is 0 Å². The van der Waals surface area contributed by atoms with Crippen LogP contribution in [0.4, 0.5) is 17.6 Å². The number of H-pyrrole nitrogens is 1. The number of anilines is 3. The third-order valence-electron chi connectivity index (χ3n) is 7.88. The number of carbonyl (C=O) groups excluding carboxylic acids is 1. The Morgan fingerprint density at radius 2 is 2.03 bits per heavy atom. The molecule has 0 atom stereocenters. The molecule has 34 heavy (non-hydrogen) atoms. The molecule has 2 aliphatic carbocycles. The maximum Gasteiger partial charge on any atom is 0.236 e. The highest BCUT2D eigenvalue weighted by atomic mass is 35.5. The summed E-state index contributed by atoms with van der Waals surface area (Å²) in [6, 6.07) is 4.36. The third-order valence-corrected chi connectivity index (χ3v) is 8.16. The maximum absolute atomic E-state index is 12.0. The molecule has 10 heteroatoms. The number of hydrogen-bond acceptors (Lipinski definition) is 7. The van der Waals surface area contributed by atoms with Crippen LogP contribution in [0.2, 0.25) is 5.02 Å². The van der Waals surface area contributed by atoms with Crippen molar-refractivity contribution in [2.75, 3.05) is 30.4 Å².